The summed E-state index contributed by atoms with van der Waals surface area (Å²) in [6.45, 7) is 1.67. The fourth-order valence-electron chi connectivity index (χ4n) is 2.48. The Morgan fingerprint density at radius 1 is 1.12 bits per heavy atom. The molecule has 0 aliphatic heterocycles. The molecule has 0 unspecified atom stereocenters. The van der Waals surface area contributed by atoms with E-state index in [1.807, 2.05) is 0 Å². The Hall–Kier alpha value is -3.00. The molecule has 1 aromatic heterocycles. The highest BCUT2D eigenvalue weighted by Crippen LogP contribution is 2.19. The minimum Gasteiger partial charge on any atom is -0.322 e. The molecule has 134 valence electrons. The van der Waals surface area contributed by atoms with Crippen LogP contribution in [0, 0.1) is 12.7 Å². The summed E-state index contributed by atoms with van der Waals surface area (Å²) in [5, 5.41) is 6.77. The van der Waals surface area contributed by atoms with Crippen molar-refractivity contribution in [2.75, 3.05) is 11.6 Å². The Bertz CT molecular complexity index is 1070. The zero-order chi connectivity index (χ0) is 18.9. The average Bonchev–Trinajstić information content (AvgIpc) is 2.96. The molecule has 1 N–H and O–H groups in total. The van der Waals surface area contributed by atoms with E-state index >= 15 is 0 Å². The predicted octanol–water partition coefficient (Wildman–Crippen LogP) is 2.98. The number of carbonyl (C=O) groups is 1. The smallest absolute Gasteiger partial charge is 0.259 e. The molecule has 3 aromatic rings. The zero-order valence-electron chi connectivity index (χ0n) is 14.1. The first-order valence-electron chi connectivity index (χ1n) is 7.68. The molecule has 1 heterocycles. The Morgan fingerprint density at radius 3 is 2.38 bits per heavy atom. The van der Waals surface area contributed by atoms with Crippen molar-refractivity contribution in [3.05, 3.63) is 71.8 Å². The summed E-state index contributed by atoms with van der Waals surface area (Å²) in [6, 6.07) is 12.0. The second kappa shape index (κ2) is 6.72. The lowest BCUT2D eigenvalue weighted by Crippen LogP contribution is -2.13. The van der Waals surface area contributed by atoms with E-state index in [2.05, 4.69) is 10.4 Å². The van der Waals surface area contributed by atoms with Crippen molar-refractivity contribution in [3.63, 3.8) is 0 Å². The second-order valence-electron chi connectivity index (χ2n) is 5.76. The lowest BCUT2D eigenvalue weighted by atomic mass is 10.2. The largest absolute Gasteiger partial charge is 0.322 e. The summed E-state index contributed by atoms with van der Waals surface area (Å²) in [5.41, 5.74) is 1.47. The van der Waals surface area contributed by atoms with Crippen LogP contribution in [0.2, 0.25) is 0 Å². The van der Waals surface area contributed by atoms with Gasteiger partial charge in [0.05, 0.1) is 22.3 Å². The van der Waals surface area contributed by atoms with E-state index in [4.69, 9.17) is 0 Å². The third kappa shape index (κ3) is 3.50. The second-order valence-corrected chi connectivity index (χ2v) is 7.77. The van der Waals surface area contributed by atoms with Crippen molar-refractivity contribution in [1.29, 1.82) is 0 Å². The molecule has 26 heavy (non-hydrogen) atoms. The van der Waals surface area contributed by atoms with Crippen molar-refractivity contribution in [2.45, 2.75) is 11.8 Å². The van der Waals surface area contributed by atoms with Crippen molar-refractivity contribution in [1.82, 2.24) is 9.78 Å². The number of nitrogens with zero attached hydrogens (tertiary/aromatic N) is 2. The van der Waals surface area contributed by atoms with Crippen LogP contribution >= 0.6 is 0 Å². The van der Waals surface area contributed by atoms with Gasteiger partial charge in [0, 0.05) is 11.9 Å². The van der Waals surface area contributed by atoms with Gasteiger partial charge in [-0.3, -0.25) is 4.79 Å². The highest BCUT2D eigenvalue weighted by Gasteiger charge is 2.17. The van der Waals surface area contributed by atoms with E-state index in [1.165, 1.54) is 41.2 Å². The Kier molecular flexibility index (Phi) is 4.60. The summed E-state index contributed by atoms with van der Waals surface area (Å²) in [4.78, 5) is 12.6. The highest BCUT2D eigenvalue weighted by atomic mass is 32.2. The summed E-state index contributed by atoms with van der Waals surface area (Å²) >= 11 is 0. The van der Waals surface area contributed by atoms with Crippen LogP contribution < -0.4 is 5.32 Å². The molecule has 2 aromatic carbocycles. The molecule has 6 nitrogen and oxygen atoms in total. The van der Waals surface area contributed by atoms with Crippen LogP contribution in [-0.2, 0) is 9.84 Å². The number of rotatable bonds is 4. The molecule has 8 heteroatoms. The van der Waals surface area contributed by atoms with Gasteiger partial charge in [-0.05, 0) is 43.3 Å². The molecule has 3 rings (SSSR count). The first-order valence-corrected chi connectivity index (χ1v) is 9.57. The van der Waals surface area contributed by atoms with Crippen LogP contribution in [0.15, 0.2) is 59.6 Å². The number of amides is 1. The van der Waals surface area contributed by atoms with Crippen molar-refractivity contribution < 1.29 is 17.6 Å². The lowest BCUT2D eigenvalue weighted by Gasteiger charge is -2.08. The van der Waals surface area contributed by atoms with Crippen LogP contribution in [0.5, 0.6) is 0 Å². The number of anilines is 1. The molecule has 0 spiro atoms. The SMILES string of the molecule is Cc1c(C(=O)Nc2ccc(S(C)(=O)=O)cc2)cnn1-c1ccccc1F. The number of nitrogens with one attached hydrogen (secondary N) is 1. The molecular weight excluding hydrogens is 357 g/mol. The number of benzene rings is 2. The van der Waals surface area contributed by atoms with Gasteiger partial charge in [0.2, 0.25) is 0 Å². The van der Waals surface area contributed by atoms with Gasteiger partial charge >= 0.3 is 0 Å². The van der Waals surface area contributed by atoms with E-state index in [1.54, 1.807) is 25.1 Å². The van der Waals surface area contributed by atoms with Crippen LogP contribution in [0.25, 0.3) is 5.69 Å². The molecule has 0 atom stereocenters. The third-order valence-electron chi connectivity index (χ3n) is 3.88. The van der Waals surface area contributed by atoms with E-state index in [0.717, 1.165) is 6.26 Å². The van der Waals surface area contributed by atoms with Gasteiger partial charge in [0.1, 0.15) is 11.5 Å². The normalized spacial score (nSPS) is 11.3. The van der Waals surface area contributed by atoms with Gasteiger partial charge in [0.15, 0.2) is 9.84 Å². The summed E-state index contributed by atoms with van der Waals surface area (Å²) in [5.74, 6) is -0.862. The number of para-hydroxylation sites is 1. The number of hydrogen-bond donors (Lipinski definition) is 1. The molecule has 0 saturated carbocycles. The van der Waals surface area contributed by atoms with Gasteiger partial charge in [-0.1, -0.05) is 12.1 Å². The molecule has 0 aliphatic carbocycles. The quantitative estimate of drug-likeness (QED) is 0.762. The van der Waals surface area contributed by atoms with E-state index < -0.39 is 21.6 Å². The van der Waals surface area contributed by atoms with Crippen LogP contribution in [0.3, 0.4) is 0 Å². The van der Waals surface area contributed by atoms with Gasteiger partial charge in [-0.25, -0.2) is 17.5 Å². The summed E-state index contributed by atoms with van der Waals surface area (Å²) in [7, 11) is -3.30. The first kappa shape index (κ1) is 17.8. The fourth-order valence-corrected chi connectivity index (χ4v) is 3.11. The van der Waals surface area contributed by atoms with Crippen LogP contribution in [0.1, 0.15) is 16.1 Å². The molecule has 1 amide bonds. The topological polar surface area (TPSA) is 81.1 Å². The van der Waals surface area contributed by atoms with E-state index in [9.17, 15) is 17.6 Å². The van der Waals surface area contributed by atoms with Crippen molar-refractivity contribution >= 4 is 21.4 Å². The fraction of sp³-hybridized carbons (Fsp3) is 0.111. The predicted molar refractivity (Wildman–Crippen MR) is 95.8 cm³/mol. The molecule has 0 aliphatic rings. The number of halogens is 1. The number of carbonyl (C=O) groups excluding carboxylic acids is 1. The third-order valence-corrected chi connectivity index (χ3v) is 5.00. The highest BCUT2D eigenvalue weighted by molar-refractivity contribution is 7.90. The summed E-state index contributed by atoms with van der Waals surface area (Å²) in [6.07, 6.45) is 2.48. The monoisotopic (exact) mass is 373 g/mol. The molecule has 0 bridgehead atoms. The number of hydrogen-bond acceptors (Lipinski definition) is 4. The molecule has 0 saturated heterocycles. The first-order chi connectivity index (χ1) is 12.3. The van der Waals surface area contributed by atoms with Gasteiger partial charge in [-0.2, -0.15) is 5.10 Å². The minimum absolute atomic E-state index is 0.166. The maximum Gasteiger partial charge on any atom is 0.259 e. The average molecular weight is 373 g/mol. The minimum atomic E-state index is -3.30. The van der Waals surface area contributed by atoms with E-state index in [0.29, 0.717) is 16.9 Å². The maximum atomic E-state index is 13.9. The molecule has 0 fully saturated rings. The summed E-state index contributed by atoms with van der Waals surface area (Å²) < 4.78 is 38.2. The van der Waals surface area contributed by atoms with Crippen LogP contribution in [-0.4, -0.2) is 30.4 Å². The van der Waals surface area contributed by atoms with Gasteiger partial charge in [-0.15, -0.1) is 0 Å². The van der Waals surface area contributed by atoms with Crippen LogP contribution in [0.4, 0.5) is 10.1 Å². The van der Waals surface area contributed by atoms with E-state index in [-0.39, 0.29) is 10.6 Å². The number of sulfone groups is 1. The van der Waals surface area contributed by atoms with Crippen molar-refractivity contribution in [3.8, 4) is 5.69 Å². The zero-order valence-corrected chi connectivity index (χ0v) is 14.9. The standard InChI is InChI=1S/C18H16FN3O3S/c1-12-15(11-20-22(12)17-6-4-3-5-16(17)19)18(23)21-13-7-9-14(10-8-13)26(2,24)25/h3-11H,1-2H3,(H,21,23). The van der Waals surface area contributed by atoms with Gasteiger partial charge in [0.25, 0.3) is 5.91 Å². The number of aromatic nitrogens is 2. The molecular formula is C18H16FN3O3S. The Balaban J connectivity index is 1.84. The Labute approximate surface area is 150 Å². The Morgan fingerprint density at radius 2 is 1.77 bits per heavy atom. The molecule has 0 radical (unpaired) electrons. The van der Waals surface area contributed by atoms with Gasteiger partial charge < -0.3 is 5.32 Å². The maximum absolute atomic E-state index is 13.9. The lowest BCUT2D eigenvalue weighted by molar-refractivity contribution is 0.102. The van der Waals surface area contributed by atoms with Crippen molar-refractivity contribution in [2.24, 2.45) is 0 Å².